The average molecular weight is 432 g/mol. The Hall–Kier alpha value is -0.746. The molecule has 0 aliphatic carbocycles. The number of rotatable bonds is 2. The van der Waals surface area contributed by atoms with E-state index < -0.39 is 11.9 Å². The molecule has 122 valence electrons. The third-order valence-electron chi connectivity index (χ3n) is 2.21. The van der Waals surface area contributed by atoms with E-state index in [0.717, 1.165) is 0 Å². The predicted octanol–water partition coefficient (Wildman–Crippen LogP) is -9.37. The molecule has 0 heterocycles. The number of carbonyl (C=O) groups is 2. The summed E-state index contributed by atoms with van der Waals surface area (Å²) in [5, 5.41) is 0. The van der Waals surface area contributed by atoms with Crippen molar-refractivity contribution in [3.05, 3.63) is 71.8 Å². The van der Waals surface area contributed by atoms with E-state index in [4.69, 9.17) is 0 Å². The molecular weight excluding hydrogens is 422 g/mol. The molecule has 0 radical (unpaired) electrons. The van der Waals surface area contributed by atoms with Crippen LogP contribution >= 0.6 is 0 Å². The Labute approximate surface area is 173 Å². The van der Waals surface area contributed by atoms with Gasteiger partial charge >= 0.3 is 33.7 Å². The molecule has 23 heavy (non-hydrogen) atoms. The van der Waals surface area contributed by atoms with Gasteiger partial charge in [0.25, 0.3) is 0 Å². The molecular formula is C14H10Cl4O4Ti. The van der Waals surface area contributed by atoms with Crippen LogP contribution in [0.15, 0.2) is 60.7 Å². The topological polar surface area (TPSA) is 52.6 Å². The minimum absolute atomic E-state index is 0. The largest absolute Gasteiger partial charge is 4.00 e. The minimum atomic E-state index is -0.708. The van der Waals surface area contributed by atoms with Crippen molar-refractivity contribution in [2.24, 2.45) is 0 Å². The van der Waals surface area contributed by atoms with Crippen molar-refractivity contribution in [2.75, 3.05) is 0 Å². The Balaban J connectivity index is -0.000000361. The molecule has 0 saturated heterocycles. The van der Waals surface area contributed by atoms with Crippen LogP contribution in [0.1, 0.15) is 20.7 Å². The van der Waals surface area contributed by atoms with E-state index in [0.29, 0.717) is 11.1 Å². The summed E-state index contributed by atoms with van der Waals surface area (Å²) in [4.78, 5) is 31.9. The third kappa shape index (κ3) is 9.87. The van der Waals surface area contributed by atoms with Gasteiger partial charge < -0.3 is 49.6 Å². The van der Waals surface area contributed by atoms with E-state index >= 15 is 0 Å². The molecule has 0 saturated carbocycles. The summed E-state index contributed by atoms with van der Waals surface area (Å²) < 4.78 is 0. The first-order chi connectivity index (χ1) is 8.77. The first-order valence-electron chi connectivity index (χ1n) is 5.30. The SMILES string of the molecule is O=C(OOC(=O)c1ccccc1)c1ccccc1.[Cl-].[Cl-].[Cl-].[Cl-].[Ti+4]. The maximum atomic E-state index is 11.5. The Bertz CT molecular complexity index is 504. The molecule has 0 spiro atoms. The van der Waals surface area contributed by atoms with Crippen LogP contribution < -0.4 is 49.6 Å². The molecule has 4 nitrogen and oxygen atoms in total. The van der Waals surface area contributed by atoms with Crippen LogP contribution in [-0.2, 0) is 31.5 Å². The van der Waals surface area contributed by atoms with Crippen LogP contribution in [0.25, 0.3) is 0 Å². The van der Waals surface area contributed by atoms with E-state index in [2.05, 4.69) is 9.78 Å². The molecule has 0 aromatic heterocycles. The van der Waals surface area contributed by atoms with Crippen molar-refractivity contribution >= 4 is 11.9 Å². The van der Waals surface area contributed by atoms with E-state index in [1.54, 1.807) is 60.7 Å². The molecule has 0 N–H and O–H groups in total. The standard InChI is InChI=1S/C14H10O4.4ClH.Ti/c15-13(11-7-3-1-4-8-11)17-18-14(16)12-9-5-2-6-10-12;;;;;/h1-10H;4*1H;/q;;;;;+4/p-4. The van der Waals surface area contributed by atoms with Crippen molar-refractivity contribution < 1.29 is 90.7 Å². The van der Waals surface area contributed by atoms with Gasteiger partial charge in [0.1, 0.15) is 0 Å². The fourth-order valence-electron chi connectivity index (χ4n) is 1.32. The van der Waals surface area contributed by atoms with Gasteiger partial charge in [0.15, 0.2) is 0 Å². The Kier molecular flexibility index (Phi) is 21.2. The molecule has 2 aromatic rings. The van der Waals surface area contributed by atoms with E-state index in [9.17, 15) is 9.59 Å². The number of benzene rings is 2. The quantitative estimate of drug-likeness (QED) is 0.269. The van der Waals surface area contributed by atoms with Crippen molar-refractivity contribution in [3.63, 3.8) is 0 Å². The molecule has 2 rings (SSSR count). The van der Waals surface area contributed by atoms with Crippen LogP contribution in [0.4, 0.5) is 0 Å². The molecule has 0 fully saturated rings. The zero-order valence-electron chi connectivity index (χ0n) is 11.4. The van der Waals surface area contributed by atoms with Gasteiger partial charge in [0, 0.05) is 0 Å². The molecule has 0 aliphatic rings. The van der Waals surface area contributed by atoms with Crippen molar-refractivity contribution in [3.8, 4) is 0 Å². The van der Waals surface area contributed by atoms with Gasteiger partial charge in [-0.05, 0) is 24.3 Å². The van der Waals surface area contributed by atoms with Gasteiger partial charge in [0.2, 0.25) is 0 Å². The van der Waals surface area contributed by atoms with Crippen LogP contribution in [0.5, 0.6) is 0 Å². The maximum Gasteiger partial charge on any atom is 4.00 e. The molecule has 9 heteroatoms. The Morgan fingerprint density at radius 1 is 0.565 bits per heavy atom. The van der Waals surface area contributed by atoms with E-state index in [1.165, 1.54) is 0 Å². The zero-order valence-corrected chi connectivity index (χ0v) is 16.0. The second kappa shape index (κ2) is 16.1. The van der Waals surface area contributed by atoms with Crippen LogP contribution in [0.2, 0.25) is 0 Å². The summed E-state index contributed by atoms with van der Waals surface area (Å²) >= 11 is 0. The van der Waals surface area contributed by atoms with Gasteiger partial charge in [0.05, 0.1) is 11.1 Å². The monoisotopic (exact) mass is 430 g/mol. The van der Waals surface area contributed by atoms with Crippen LogP contribution in [0.3, 0.4) is 0 Å². The first-order valence-corrected chi connectivity index (χ1v) is 5.30. The number of halogens is 4. The molecule has 0 amide bonds. The molecule has 0 atom stereocenters. The third-order valence-corrected chi connectivity index (χ3v) is 2.21. The summed E-state index contributed by atoms with van der Waals surface area (Å²) in [6.45, 7) is 0. The van der Waals surface area contributed by atoms with Crippen molar-refractivity contribution in [2.45, 2.75) is 0 Å². The van der Waals surface area contributed by atoms with Gasteiger partial charge in [-0.25, -0.2) is 19.4 Å². The smallest absolute Gasteiger partial charge is 1.00 e. The predicted molar refractivity (Wildman–Crippen MR) is 63.7 cm³/mol. The summed E-state index contributed by atoms with van der Waals surface area (Å²) in [5.74, 6) is -1.42. The average Bonchev–Trinajstić information content (AvgIpc) is 2.46. The molecule has 2 aromatic carbocycles. The number of hydrogen-bond acceptors (Lipinski definition) is 4. The van der Waals surface area contributed by atoms with Crippen molar-refractivity contribution in [1.82, 2.24) is 0 Å². The summed E-state index contributed by atoms with van der Waals surface area (Å²) in [6, 6.07) is 16.6. The molecule has 0 bridgehead atoms. The van der Waals surface area contributed by atoms with Crippen LogP contribution in [-0.4, -0.2) is 11.9 Å². The van der Waals surface area contributed by atoms with Crippen molar-refractivity contribution in [1.29, 1.82) is 0 Å². The van der Waals surface area contributed by atoms with Gasteiger partial charge in [-0.3, -0.25) is 0 Å². The van der Waals surface area contributed by atoms with Gasteiger partial charge in [-0.1, -0.05) is 36.4 Å². The second-order valence-corrected chi connectivity index (χ2v) is 3.47. The summed E-state index contributed by atoms with van der Waals surface area (Å²) in [6.07, 6.45) is 0. The van der Waals surface area contributed by atoms with Gasteiger partial charge in [-0.2, -0.15) is 0 Å². The zero-order chi connectivity index (χ0) is 12.8. The summed E-state index contributed by atoms with van der Waals surface area (Å²) in [5.41, 5.74) is 0.636. The fourth-order valence-corrected chi connectivity index (χ4v) is 1.32. The first kappa shape index (κ1) is 30.2. The van der Waals surface area contributed by atoms with E-state index in [-0.39, 0.29) is 71.3 Å². The summed E-state index contributed by atoms with van der Waals surface area (Å²) in [7, 11) is 0. The van der Waals surface area contributed by atoms with Crippen LogP contribution in [0, 0.1) is 0 Å². The fraction of sp³-hybridized carbons (Fsp3) is 0. The minimum Gasteiger partial charge on any atom is -1.00 e. The molecule has 0 unspecified atom stereocenters. The second-order valence-electron chi connectivity index (χ2n) is 3.47. The number of carbonyl (C=O) groups excluding carboxylic acids is 2. The number of hydrogen-bond donors (Lipinski definition) is 0. The van der Waals surface area contributed by atoms with Gasteiger partial charge in [-0.15, -0.1) is 0 Å². The Morgan fingerprint density at radius 2 is 0.826 bits per heavy atom. The molecule has 0 aliphatic heterocycles. The normalized spacial score (nSPS) is 7.48. The van der Waals surface area contributed by atoms with E-state index in [1.807, 2.05) is 0 Å². The Morgan fingerprint density at radius 3 is 1.09 bits per heavy atom. The maximum absolute atomic E-state index is 11.5.